The molecule has 116 valence electrons. The topological polar surface area (TPSA) is 58.2 Å². The first-order valence-electron chi connectivity index (χ1n) is 6.06. The predicted molar refractivity (Wildman–Crippen MR) is 74.7 cm³/mol. The van der Waals surface area contributed by atoms with Crippen LogP contribution >= 0.6 is 12.6 Å². The number of hydrogen-bond acceptors (Lipinski definition) is 3. The molecule has 2 amide bonds. The number of benzene rings is 1. The lowest BCUT2D eigenvalue weighted by Crippen LogP contribution is -2.47. The summed E-state index contributed by atoms with van der Waals surface area (Å²) in [4.78, 5) is 22.7. The molecule has 1 unspecified atom stereocenters. The number of nitrogens with one attached hydrogen (secondary N) is 2. The van der Waals surface area contributed by atoms with Crippen LogP contribution < -0.4 is 10.6 Å². The first kappa shape index (κ1) is 17.4. The largest absolute Gasteiger partial charge is 0.416 e. The van der Waals surface area contributed by atoms with Crippen molar-refractivity contribution < 1.29 is 22.8 Å². The highest BCUT2D eigenvalue weighted by Crippen LogP contribution is 2.31. The highest BCUT2D eigenvalue weighted by molar-refractivity contribution is 7.80. The summed E-state index contributed by atoms with van der Waals surface area (Å²) in [5.74, 6) is -0.955. The quantitative estimate of drug-likeness (QED) is 0.724. The van der Waals surface area contributed by atoms with Gasteiger partial charge >= 0.3 is 6.18 Å². The molecule has 0 spiro atoms. The minimum absolute atomic E-state index is 0.0425. The number of hydrogen-bond donors (Lipinski definition) is 3. The van der Waals surface area contributed by atoms with Crippen LogP contribution in [0.3, 0.4) is 0 Å². The van der Waals surface area contributed by atoms with Gasteiger partial charge in [-0.05, 0) is 11.6 Å². The Morgan fingerprint density at radius 2 is 1.90 bits per heavy atom. The molecule has 0 radical (unpaired) electrons. The van der Waals surface area contributed by atoms with Gasteiger partial charge in [-0.3, -0.25) is 9.59 Å². The molecule has 0 fully saturated rings. The normalized spacial score (nSPS) is 12.6. The molecule has 4 nitrogen and oxygen atoms in total. The summed E-state index contributed by atoms with van der Waals surface area (Å²) in [6.45, 7) is 0.959. The Kier molecular flexibility index (Phi) is 6.07. The van der Waals surface area contributed by atoms with E-state index in [1.807, 2.05) is 0 Å². The van der Waals surface area contributed by atoms with Crippen LogP contribution in [0.5, 0.6) is 0 Å². The van der Waals surface area contributed by atoms with Crippen LogP contribution in [0.4, 0.5) is 13.2 Å². The van der Waals surface area contributed by atoms with Crippen molar-refractivity contribution in [3.8, 4) is 0 Å². The monoisotopic (exact) mass is 320 g/mol. The molecule has 1 atom stereocenters. The van der Waals surface area contributed by atoms with Crippen molar-refractivity contribution in [1.29, 1.82) is 0 Å². The lowest BCUT2D eigenvalue weighted by molar-refractivity contribution is -0.138. The lowest BCUT2D eigenvalue weighted by atomic mass is 10.1. The van der Waals surface area contributed by atoms with Gasteiger partial charge in [0.15, 0.2) is 0 Å². The van der Waals surface area contributed by atoms with Crippen LogP contribution in [-0.2, 0) is 22.3 Å². The summed E-state index contributed by atoms with van der Waals surface area (Å²) in [5.41, 5.74) is -0.841. The Morgan fingerprint density at radius 1 is 1.29 bits per heavy atom. The number of amides is 2. The number of carbonyl (C=O) groups excluding carboxylic acids is 2. The molecular weight excluding hydrogens is 305 g/mol. The van der Waals surface area contributed by atoms with E-state index in [2.05, 4.69) is 23.3 Å². The second-order valence-electron chi connectivity index (χ2n) is 4.31. The Morgan fingerprint density at radius 3 is 2.43 bits per heavy atom. The van der Waals surface area contributed by atoms with E-state index in [-0.39, 0.29) is 17.9 Å². The third-order valence-corrected chi connectivity index (χ3v) is 3.02. The van der Waals surface area contributed by atoms with Crippen LogP contribution in [0.1, 0.15) is 18.1 Å². The number of thiol groups is 1. The molecule has 1 rings (SSSR count). The minimum Gasteiger partial charge on any atom is -0.350 e. The zero-order valence-electron chi connectivity index (χ0n) is 11.2. The van der Waals surface area contributed by atoms with Gasteiger partial charge in [-0.15, -0.1) is 0 Å². The number of halogens is 3. The van der Waals surface area contributed by atoms with E-state index >= 15 is 0 Å². The summed E-state index contributed by atoms with van der Waals surface area (Å²) in [6, 6.07) is 4.09. The molecule has 8 heteroatoms. The van der Waals surface area contributed by atoms with Crippen molar-refractivity contribution in [3.63, 3.8) is 0 Å². The van der Waals surface area contributed by atoms with Crippen molar-refractivity contribution in [1.82, 2.24) is 10.6 Å². The summed E-state index contributed by atoms with van der Waals surface area (Å²) in [7, 11) is 0. The molecule has 2 N–H and O–H groups in total. The summed E-state index contributed by atoms with van der Waals surface area (Å²) >= 11 is 3.92. The third kappa shape index (κ3) is 5.30. The molecule has 0 bridgehead atoms. The van der Waals surface area contributed by atoms with E-state index in [1.165, 1.54) is 25.1 Å². The number of carbonyl (C=O) groups is 2. The molecular formula is C13H15F3N2O2S. The van der Waals surface area contributed by atoms with Crippen molar-refractivity contribution in [2.24, 2.45) is 0 Å². The third-order valence-electron chi connectivity index (χ3n) is 2.65. The summed E-state index contributed by atoms with van der Waals surface area (Å²) in [6.07, 6.45) is -4.48. The van der Waals surface area contributed by atoms with Crippen LogP contribution in [0.25, 0.3) is 0 Å². The van der Waals surface area contributed by atoms with Crippen molar-refractivity contribution in [2.75, 3.05) is 5.75 Å². The van der Waals surface area contributed by atoms with Crippen molar-refractivity contribution in [2.45, 2.75) is 25.7 Å². The smallest absolute Gasteiger partial charge is 0.350 e. The maximum absolute atomic E-state index is 12.8. The van der Waals surface area contributed by atoms with Gasteiger partial charge < -0.3 is 10.6 Å². The molecule has 0 aliphatic heterocycles. The Labute approximate surface area is 125 Å². The predicted octanol–water partition coefficient (Wildman–Crippen LogP) is 1.76. The van der Waals surface area contributed by atoms with E-state index in [4.69, 9.17) is 0 Å². The van der Waals surface area contributed by atoms with E-state index in [0.717, 1.165) is 6.07 Å². The molecule has 0 aromatic heterocycles. The van der Waals surface area contributed by atoms with Gasteiger partial charge in [-0.2, -0.15) is 25.8 Å². The molecule has 0 aliphatic carbocycles. The van der Waals surface area contributed by atoms with E-state index in [1.54, 1.807) is 0 Å². The standard InChI is InChI=1S/C13H15F3N2O2S/c1-8(19)18-11(7-21)12(20)17-6-9-4-2-3-5-10(9)13(14,15)16/h2-5,11,21H,6-7H2,1H3,(H,17,20)(H,18,19). The van der Waals surface area contributed by atoms with E-state index < -0.39 is 29.6 Å². The fraction of sp³-hybridized carbons (Fsp3) is 0.385. The van der Waals surface area contributed by atoms with Gasteiger partial charge in [-0.1, -0.05) is 18.2 Å². The van der Waals surface area contributed by atoms with Crippen LogP contribution in [0.2, 0.25) is 0 Å². The average molecular weight is 320 g/mol. The lowest BCUT2D eigenvalue weighted by Gasteiger charge is -2.17. The molecule has 21 heavy (non-hydrogen) atoms. The fourth-order valence-corrected chi connectivity index (χ4v) is 1.95. The van der Waals surface area contributed by atoms with Crippen LogP contribution in [0, 0.1) is 0 Å². The molecule has 0 saturated heterocycles. The maximum atomic E-state index is 12.8. The molecule has 0 heterocycles. The minimum atomic E-state index is -4.48. The highest BCUT2D eigenvalue weighted by Gasteiger charge is 2.33. The Bertz CT molecular complexity index is 520. The second kappa shape index (κ2) is 7.35. The zero-order chi connectivity index (χ0) is 16.0. The molecule has 1 aromatic carbocycles. The van der Waals surface area contributed by atoms with Crippen LogP contribution in [0.15, 0.2) is 24.3 Å². The van der Waals surface area contributed by atoms with Crippen molar-refractivity contribution in [3.05, 3.63) is 35.4 Å². The van der Waals surface area contributed by atoms with Gasteiger partial charge in [0.1, 0.15) is 6.04 Å². The Balaban J connectivity index is 2.75. The van der Waals surface area contributed by atoms with Gasteiger partial charge in [0, 0.05) is 19.2 Å². The fourth-order valence-electron chi connectivity index (χ4n) is 1.70. The van der Waals surface area contributed by atoms with Gasteiger partial charge in [0.25, 0.3) is 0 Å². The first-order chi connectivity index (χ1) is 9.75. The molecule has 0 saturated carbocycles. The van der Waals surface area contributed by atoms with Crippen LogP contribution in [-0.4, -0.2) is 23.6 Å². The van der Waals surface area contributed by atoms with Gasteiger partial charge in [0.05, 0.1) is 5.56 Å². The first-order valence-corrected chi connectivity index (χ1v) is 6.69. The van der Waals surface area contributed by atoms with Crippen molar-refractivity contribution >= 4 is 24.4 Å². The number of rotatable bonds is 5. The average Bonchev–Trinajstić information content (AvgIpc) is 2.41. The highest BCUT2D eigenvalue weighted by atomic mass is 32.1. The maximum Gasteiger partial charge on any atom is 0.416 e. The van der Waals surface area contributed by atoms with E-state index in [9.17, 15) is 22.8 Å². The second-order valence-corrected chi connectivity index (χ2v) is 4.67. The molecule has 1 aromatic rings. The Hall–Kier alpha value is -1.70. The van der Waals surface area contributed by atoms with E-state index in [0.29, 0.717) is 0 Å². The number of alkyl halides is 3. The SMILES string of the molecule is CC(=O)NC(CS)C(=O)NCc1ccccc1C(F)(F)F. The molecule has 0 aliphatic rings. The summed E-state index contributed by atoms with van der Waals surface area (Å²) < 4.78 is 38.4. The summed E-state index contributed by atoms with van der Waals surface area (Å²) in [5, 5.41) is 4.73. The van der Waals surface area contributed by atoms with Gasteiger partial charge in [0.2, 0.25) is 11.8 Å². The zero-order valence-corrected chi connectivity index (χ0v) is 12.1. The van der Waals surface area contributed by atoms with Gasteiger partial charge in [-0.25, -0.2) is 0 Å².